The van der Waals surface area contributed by atoms with Crippen LogP contribution in [-0.2, 0) is 22.4 Å². The van der Waals surface area contributed by atoms with Gasteiger partial charge in [0, 0.05) is 11.1 Å². The highest BCUT2D eigenvalue weighted by Crippen LogP contribution is 2.37. The number of hydrogen-bond acceptors (Lipinski definition) is 4. The molecule has 142 valence electrons. The standard InChI is InChI=1S/C20H18N4O4/c1-23-15(19(21)27)9-11-3-5-17(25)13(7-11)14-8-12(4-6-18(14)26)10-16(24-2)20(22)28/h3-8,15-16,25-26H,9-10H2,(H2,21,27)(H2,22,28)/t15-,16+. The molecule has 0 spiro atoms. The van der Waals surface area contributed by atoms with Crippen LogP contribution in [-0.4, -0.2) is 34.1 Å². The number of phenolic OH excluding ortho intramolecular Hbond substituents is 2. The fourth-order valence-corrected chi connectivity index (χ4v) is 2.72. The Morgan fingerprint density at radius 2 is 1.18 bits per heavy atom. The van der Waals surface area contributed by atoms with Gasteiger partial charge in [0.15, 0.2) is 0 Å². The smallest absolute Gasteiger partial charge is 0.304 e. The van der Waals surface area contributed by atoms with Gasteiger partial charge in [0.05, 0.1) is 12.8 Å². The van der Waals surface area contributed by atoms with E-state index in [-0.39, 0.29) is 35.5 Å². The predicted molar refractivity (Wildman–Crippen MR) is 102 cm³/mol. The molecule has 0 aliphatic heterocycles. The normalized spacial score (nSPS) is 12.4. The summed E-state index contributed by atoms with van der Waals surface area (Å²) in [5.41, 5.74) is 12.1. The Balaban J connectivity index is 2.44. The van der Waals surface area contributed by atoms with Gasteiger partial charge in [-0.1, -0.05) is 12.1 Å². The minimum Gasteiger partial charge on any atom is -0.507 e. The molecule has 0 heterocycles. The van der Waals surface area contributed by atoms with Crippen molar-refractivity contribution in [2.24, 2.45) is 11.5 Å². The third-order valence-corrected chi connectivity index (χ3v) is 4.24. The number of nitrogens with two attached hydrogens (primary N) is 2. The quantitative estimate of drug-likeness (QED) is 0.541. The number of aromatic hydroxyl groups is 2. The molecule has 8 heteroatoms. The average Bonchev–Trinajstić information content (AvgIpc) is 2.66. The van der Waals surface area contributed by atoms with Crippen LogP contribution in [0, 0.1) is 13.1 Å². The lowest BCUT2D eigenvalue weighted by atomic mass is 9.95. The maximum atomic E-state index is 11.3. The first-order valence-corrected chi connectivity index (χ1v) is 8.22. The first-order valence-electron chi connectivity index (χ1n) is 8.22. The molecule has 2 aromatic carbocycles. The number of amides is 2. The molecule has 0 aliphatic carbocycles. The summed E-state index contributed by atoms with van der Waals surface area (Å²) in [5, 5.41) is 20.5. The Kier molecular flexibility index (Phi) is 6.20. The van der Waals surface area contributed by atoms with Crippen LogP contribution < -0.4 is 11.5 Å². The van der Waals surface area contributed by atoms with E-state index in [4.69, 9.17) is 24.6 Å². The van der Waals surface area contributed by atoms with Gasteiger partial charge in [0.25, 0.3) is 0 Å². The minimum absolute atomic E-state index is 0.0635. The molecule has 0 aliphatic rings. The molecule has 0 unspecified atom stereocenters. The van der Waals surface area contributed by atoms with Crippen molar-refractivity contribution in [2.75, 3.05) is 0 Å². The number of hydrogen-bond donors (Lipinski definition) is 4. The highest BCUT2D eigenvalue weighted by atomic mass is 16.3. The highest BCUT2D eigenvalue weighted by molar-refractivity contribution is 5.83. The van der Waals surface area contributed by atoms with Crippen molar-refractivity contribution in [1.29, 1.82) is 0 Å². The third-order valence-electron chi connectivity index (χ3n) is 4.24. The van der Waals surface area contributed by atoms with E-state index in [1.807, 2.05) is 0 Å². The van der Waals surface area contributed by atoms with Gasteiger partial charge in [-0.05, 0) is 35.4 Å². The van der Waals surface area contributed by atoms with Gasteiger partial charge < -0.3 is 31.4 Å². The summed E-state index contributed by atoms with van der Waals surface area (Å²) in [7, 11) is 0. The Labute approximate surface area is 161 Å². The SMILES string of the molecule is [C-]#[N+][C@@H](Cc1ccc(O)c(-c2cc(C[C@@H]([N+]#[C-])C(N)=O)ccc2O)c1)C(N)=O. The predicted octanol–water partition coefficient (Wildman–Crippen LogP) is 1.40. The van der Waals surface area contributed by atoms with Gasteiger partial charge in [-0.25, -0.2) is 13.1 Å². The van der Waals surface area contributed by atoms with Gasteiger partial charge in [0.2, 0.25) is 0 Å². The van der Waals surface area contributed by atoms with E-state index < -0.39 is 23.9 Å². The Hall–Kier alpha value is -4.04. The van der Waals surface area contributed by atoms with Crippen LogP contribution in [0.25, 0.3) is 20.8 Å². The van der Waals surface area contributed by atoms with Crippen molar-refractivity contribution in [3.05, 3.63) is 70.4 Å². The van der Waals surface area contributed by atoms with Crippen molar-refractivity contribution in [1.82, 2.24) is 0 Å². The maximum Gasteiger partial charge on any atom is 0.304 e. The number of carbonyl (C=O) groups excluding carboxylic acids is 2. The Morgan fingerprint density at radius 3 is 1.46 bits per heavy atom. The number of phenols is 2. The Bertz CT molecular complexity index is 923. The summed E-state index contributed by atoms with van der Waals surface area (Å²) in [6.07, 6.45) is 0.127. The largest absolute Gasteiger partial charge is 0.507 e. The monoisotopic (exact) mass is 378 g/mol. The fourth-order valence-electron chi connectivity index (χ4n) is 2.72. The van der Waals surface area contributed by atoms with E-state index in [9.17, 15) is 19.8 Å². The molecule has 28 heavy (non-hydrogen) atoms. The summed E-state index contributed by atoms with van der Waals surface area (Å²) >= 11 is 0. The molecule has 2 rings (SSSR count). The first kappa shape index (κ1) is 20.3. The van der Waals surface area contributed by atoms with Crippen molar-refractivity contribution < 1.29 is 19.8 Å². The number of carbonyl (C=O) groups is 2. The molecule has 0 fully saturated rings. The zero-order valence-corrected chi connectivity index (χ0v) is 14.8. The molecule has 6 N–H and O–H groups in total. The van der Waals surface area contributed by atoms with Crippen LogP contribution in [0.4, 0.5) is 0 Å². The summed E-state index contributed by atoms with van der Waals surface area (Å²) in [5.74, 6) is -1.73. The van der Waals surface area contributed by atoms with E-state index in [0.717, 1.165) is 0 Å². The summed E-state index contributed by atoms with van der Waals surface area (Å²) in [6.45, 7) is 14.1. The second-order valence-electron chi connectivity index (χ2n) is 6.21. The van der Waals surface area contributed by atoms with Crippen molar-refractivity contribution in [3.63, 3.8) is 0 Å². The summed E-state index contributed by atoms with van der Waals surface area (Å²) < 4.78 is 0. The van der Waals surface area contributed by atoms with Gasteiger partial charge in [-0.3, -0.25) is 9.59 Å². The molecule has 2 aromatic rings. The first-order chi connectivity index (χ1) is 13.3. The van der Waals surface area contributed by atoms with E-state index in [2.05, 4.69) is 9.69 Å². The van der Waals surface area contributed by atoms with Crippen LogP contribution in [0.15, 0.2) is 36.4 Å². The van der Waals surface area contributed by atoms with Gasteiger partial charge >= 0.3 is 23.9 Å². The van der Waals surface area contributed by atoms with Crippen LogP contribution in [0.3, 0.4) is 0 Å². The molecule has 2 amide bonds. The Morgan fingerprint density at radius 1 is 0.821 bits per heavy atom. The van der Waals surface area contributed by atoms with Crippen molar-refractivity contribution in [3.8, 4) is 22.6 Å². The second-order valence-corrected chi connectivity index (χ2v) is 6.21. The van der Waals surface area contributed by atoms with Crippen molar-refractivity contribution >= 4 is 11.8 Å². The van der Waals surface area contributed by atoms with E-state index >= 15 is 0 Å². The maximum absolute atomic E-state index is 11.3. The lowest BCUT2D eigenvalue weighted by molar-refractivity contribution is -0.119. The molecule has 0 bridgehead atoms. The van der Waals surface area contributed by atoms with Crippen molar-refractivity contribution in [2.45, 2.75) is 24.9 Å². The molecule has 0 saturated carbocycles. The van der Waals surface area contributed by atoms with Crippen LogP contribution in [0.5, 0.6) is 11.5 Å². The van der Waals surface area contributed by atoms with Gasteiger partial charge in [-0.2, -0.15) is 0 Å². The lowest BCUT2D eigenvalue weighted by Gasteiger charge is -2.12. The van der Waals surface area contributed by atoms with Crippen LogP contribution >= 0.6 is 0 Å². The number of benzene rings is 2. The van der Waals surface area contributed by atoms with Gasteiger partial charge in [-0.15, -0.1) is 0 Å². The number of rotatable bonds is 7. The van der Waals surface area contributed by atoms with E-state index in [1.165, 1.54) is 12.1 Å². The van der Waals surface area contributed by atoms with E-state index in [1.54, 1.807) is 24.3 Å². The topological polar surface area (TPSA) is 135 Å². The molecule has 0 aromatic heterocycles. The van der Waals surface area contributed by atoms with Gasteiger partial charge in [0.1, 0.15) is 11.5 Å². The minimum atomic E-state index is -1.03. The van der Waals surface area contributed by atoms with Crippen LogP contribution in [0.1, 0.15) is 11.1 Å². The highest BCUT2D eigenvalue weighted by Gasteiger charge is 2.23. The van der Waals surface area contributed by atoms with Crippen LogP contribution in [0.2, 0.25) is 0 Å². The number of primary amides is 2. The molecule has 0 saturated heterocycles. The molecule has 2 atom stereocenters. The summed E-state index contributed by atoms with van der Waals surface area (Å²) in [4.78, 5) is 29.0. The average molecular weight is 378 g/mol. The molecular weight excluding hydrogens is 360 g/mol. The molecule has 0 radical (unpaired) electrons. The zero-order chi connectivity index (χ0) is 20.8. The summed E-state index contributed by atoms with van der Waals surface area (Å²) in [6, 6.07) is 6.94. The molecule has 8 nitrogen and oxygen atoms in total. The second kappa shape index (κ2) is 8.56. The fraction of sp³-hybridized carbons (Fsp3) is 0.200. The zero-order valence-electron chi connectivity index (χ0n) is 14.8. The lowest BCUT2D eigenvalue weighted by Crippen LogP contribution is -2.27. The van der Waals surface area contributed by atoms with E-state index in [0.29, 0.717) is 11.1 Å². The third kappa shape index (κ3) is 4.57. The number of nitrogens with zero attached hydrogens (tertiary/aromatic N) is 2. The molecular formula is C20H18N4O4.